The lowest BCUT2D eigenvalue weighted by atomic mass is 10.2. The molecule has 4 nitrogen and oxygen atoms in total. The molecule has 2 aromatic carbocycles. The molecule has 3 aromatic rings. The molecule has 0 atom stereocenters. The van der Waals surface area contributed by atoms with E-state index < -0.39 is 0 Å². The predicted octanol–water partition coefficient (Wildman–Crippen LogP) is 3.78. The van der Waals surface area contributed by atoms with Gasteiger partial charge in [0.25, 0.3) is 0 Å². The summed E-state index contributed by atoms with van der Waals surface area (Å²) in [5, 5.41) is 0.689. The molecular weight excluding hydrogens is 276 g/mol. The topological polar surface area (TPSA) is 61.3 Å². The molecule has 0 aliphatic heterocycles. The van der Waals surface area contributed by atoms with Crippen LogP contribution in [0.15, 0.2) is 46.9 Å². The summed E-state index contributed by atoms with van der Waals surface area (Å²) >= 11 is 6.06. The van der Waals surface area contributed by atoms with Gasteiger partial charge in [0, 0.05) is 5.02 Å². The van der Waals surface area contributed by atoms with Gasteiger partial charge in [-0.2, -0.15) is 0 Å². The Morgan fingerprint density at radius 2 is 1.95 bits per heavy atom. The molecule has 0 saturated heterocycles. The summed E-state index contributed by atoms with van der Waals surface area (Å²) in [6, 6.07) is 13.0. The molecular formula is C15H13ClN2O2. The first-order valence-corrected chi connectivity index (χ1v) is 6.57. The molecule has 20 heavy (non-hydrogen) atoms. The Bertz CT molecular complexity index is 740. The van der Waals surface area contributed by atoms with Crippen molar-refractivity contribution >= 4 is 28.4 Å². The Labute approximate surface area is 121 Å². The maximum Gasteiger partial charge on any atom is 0.221 e. The van der Waals surface area contributed by atoms with Crippen molar-refractivity contribution in [2.75, 3.05) is 5.73 Å². The fourth-order valence-electron chi connectivity index (χ4n) is 1.94. The third-order valence-corrected chi connectivity index (χ3v) is 3.30. The minimum absolute atomic E-state index is 0.277. The van der Waals surface area contributed by atoms with Gasteiger partial charge in [0.05, 0.1) is 12.3 Å². The third kappa shape index (κ3) is 2.61. The summed E-state index contributed by atoms with van der Waals surface area (Å²) in [6.45, 7) is 0.688. The number of ether oxygens (including phenoxy) is 1. The molecule has 0 bridgehead atoms. The van der Waals surface area contributed by atoms with E-state index in [0.717, 1.165) is 5.56 Å². The summed E-state index contributed by atoms with van der Waals surface area (Å²) in [6.07, 6.45) is 0. The maximum atomic E-state index is 6.06. The molecule has 0 radical (unpaired) electrons. The van der Waals surface area contributed by atoms with E-state index in [9.17, 15) is 0 Å². The van der Waals surface area contributed by atoms with Crippen LogP contribution in [0.5, 0.6) is 0 Å². The Morgan fingerprint density at radius 3 is 2.75 bits per heavy atom. The summed E-state index contributed by atoms with van der Waals surface area (Å²) < 4.78 is 11.1. The fourth-order valence-corrected chi connectivity index (χ4v) is 2.13. The van der Waals surface area contributed by atoms with Gasteiger partial charge in [0.1, 0.15) is 12.1 Å². The largest absolute Gasteiger partial charge is 0.438 e. The first-order valence-electron chi connectivity index (χ1n) is 6.19. The molecule has 0 saturated carbocycles. The van der Waals surface area contributed by atoms with Gasteiger partial charge in [-0.05, 0) is 23.8 Å². The minimum Gasteiger partial charge on any atom is -0.438 e. The highest BCUT2D eigenvalue weighted by Gasteiger charge is 2.08. The van der Waals surface area contributed by atoms with E-state index in [1.165, 1.54) is 0 Å². The lowest BCUT2D eigenvalue weighted by molar-refractivity contribution is 0.0907. The van der Waals surface area contributed by atoms with Crippen LogP contribution in [-0.4, -0.2) is 4.98 Å². The normalized spacial score (nSPS) is 11.1. The van der Waals surface area contributed by atoms with Crippen molar-refractivity contribution in [2.45, 2.75) is 13.2 Å². The van der Waals surface area contributed by atoms with Gasteiger partial charge < -0.3 is 14.9 Å². The number of benzene rings is 2. The quantitative estimate of drug-likeness (QED) is 0.742. The van der Waals surface area contributed by atoms with Gasteiger partial charge in [-0.3, -0.25) is 0 Å². The van der Waals surface area contributed by atoms with Gasteiger partial charge in [0.2, 0.25) is 5.89 Å². The van der Waals surface area contributed by atoms with Crippen molar-refractivity contribution in [1.82, 2.24) is 4.98 Å². The zero-order valence-electron chi connectivity index (χ0n) is 10.7. The molecule has 5 heteroatoms. The smallest absolute Gasteiger partial charge is 0.221 e. The number of oxazole rings is 1. The number of nitrogen functional groups attached to an aromatic ring is 1. The van der Waals surface area contributed by atoms with Gasteiger partial charge in [-0.25, -0.2) is 4.98 Å². The summed E-state index contributed by atoms with van der Waals surface area (Å²) in [5.41, 5.74) is 8.70. The van der Waals surface area contributed by atoms with Crippen molar-refractivity contribution in [3.8, 4) is 0 Å². The van der Waals surface area contributed by atoms with Gasteiger partial charge in [-0.15, -0.1) is 0 Å². The molecule has 0 aliphatic rings. The molecule has 0 amide bonds. The van der Waals surface area contributed by atoms with Gasteiger partial charge >= 0.3 is 0 Å². The fraction of sp³-hybridized carbons (Fsp3) is 0.133. The van der Waals surface area contributed by atoms with E-state index in [1.807, 2.05) is 36.4 Å². The highest BCUT2D eigenvalue weighted by Crippen LogP contribution is 2.22. The zero-order valence-corrected chi connectivity index (χ0v) is 11.4. The summed E-state index contributed by atoms with van der Waals surface area (Å²) in [7, 11) is 0. The second-order valence-electron chi connectivity index (χ2n) is 4.39. The van der Waals surface area contributed by atoms with E-state index in [4.69, 9.17) is 26.5 Å². The first-order chi connectivity index (χ1) is 9.74. The zero-order chi connectivity index (χ0) is 13.9. The van der Waals surface area contributed by atoms with E-state index >= 15 is 0 Å². The third-order valence-electron chi connectivity index (χ3n) is 2.94. The number of aromatic nitrogens is 1. The van der Waals surface area contributed by atoms with E-state index in [2.05, 4.69) is 4.98 Å². The van der Waals surface area contributed by atoms with Crippen molar-refractivity contribution in [2.24, 2.45) is 0 Å². The second-order valence-corrected chi connectivity index (χ2v) is 4.79. The Morgan fingerprint density at radius 1 is 1.10 bits per heavy atom. The number of anilines is 1. The monoisotopic (exact) mass is 288 g/mol. The molecule has 1 aromatic heterocycles. The van der Waals surface area contributed by atoms with Crippen LogP contribution in [-0.2, 0) is 18.0 Å². The lowest BCUT2D eigenvalue weighted by Crippen LogP contribution is -1.95. The number of halogens is 1. The highest BCUT2D eigenvalue weighted by molar-refractivity contribution is 6.31. The maximum absolute atomic E-state index is 6.06. The lowest BCUT2D eigenvalue weighted by Gasteiger charge is -2.03. The van der Waals surface area contributed by atoms with Gasteiger partial charge in [-0.1, -0.05) is 35.9 Å². The Kier molecular flexibility index (Phi) is 3.58. The van der Waals surface area contributed by atoms with E-state index in [0.29, 0.717) is 34.3 Å². The standard InChI is InChI=1S/C15H13ClN2O2/c16-11-5-2-1-4-10(11)8-19-9-14-18-15-12(17)6-3-7-13(15)20-14/h1-7H,8-9,17H2. The Hall–Kier alpha value is -2.04. The number of nitrogens with two attached hydrogens (primary N) is 1. The summed E-state index contributed by atoms with van der Waals surface area (Å²) in [4.78, 5) is 4.32. The minimum atomic E-state index is 0.277. The van der Waals surface area contributed by atoms with Crippen LogP contribution < -0.4 is 5.73 Å². The number of fused-ring (bicyclic) bond motifs is 1. The van der Waals surface area contributed by atoms with Crippen LogP contribution in [0.2, 0.25) is 5.02 Å². The number of para-hydroxylation sites is 1. The predicted molar refractivity (Wildman–Crippen MR) is 78.4 cm³/mol. The molecule has 0 spiro atoms. The number of nitrogens with zero attached hydrogens (tertiary/aromatic N) is 1. The van der Waals surface area contributed by atoms with Crippen LogP contribution in [0.25, 0.3) is 11.1 Å². The molecule has 0 fully saturated rings. The molecule has 0 aliphatic carbocycles. The molecule has 0 unspecified atom stereocenters. The van der Waals surface area contributed by atoms with Crippen molar-refractivity contribution in [3.05, 3.63) is 58.9 Å². The van der Waals surface area contributed by atoms with Crippen LogP contribution >= 0.6 is 11.6 Å². The molecule has 1 heterocycles. The number of rotatable bonds is 4. The average molecular weight is 289 g/mol. The number of hydrogen-bond donors (Lipinski definition) is 1. The van der Waals surface area contributed by atoms with Crippen molar-refractivity contribution in [3.63, 3.8) is 0 Å². The van der Waals surface area contributed by atoms with Crippen LogP contribution in [0, 0.1) is 0 Å². The second kappa shape index (κ2) is 5.53. The van der Waals surface area contributed by atoms with E-state index in [-0.39, 0.29) is 6.61 Å². The molecule has 3 rings (SSSR count). The van der Waals surface area contributed by atoms with Crippen LogP contribution in [0.1, 0.15) is 11.5 Å². The van der Waals surface area contributed by atoms with E-state index in [1.54, 1.807) is 6.07 Å². The molecule has 102 valence electrons. The van der Waals surface area contributed by atoms with Crippen LogP contribution in [0.3, 0.4) is 0 Å². The SMILES string of the molecule is Nc1cccc2oc(COCc3ccccc3Cl)nc12. The van der Waals surface area contributed by atoms with Crippen molar-refractivity contribution in [1.29, 1.82) is 0 Å². The van der Waals surface area contributed by atoms with Crippen molar-refractivity contribution < 1.29 is 9.15 Å². The first kappa shape index (κ1) is 13.0. The molecule has 2 N–H and O–H groups in total. The van der Waals surface area contributed by atoms with Crippen LogP contribution in [0.4, 0.5) is 5.69 Å². The summed E-state index contributed by atoms with van der Waals surface area (Å²) in [5.74, 6) is 0.505. The highest BCUT2D eigenvalue weighted by atomic mass is 35.5. The number of hydrogen-bond acceptors (Lipinski definition) is 4. The Balaban J connectivity index is 1.68. The van der Waals surface area contributed by atoms with Gasteiger partial charge in [0.15, 0.2) is 5.58 Å². The average Bonchev–Trinajstić information content (AvgIpc) is 2.85.